The number of aliphatic hydroxyl groups is 1. The van der Waals surface area contributed by atoms with Crippen molar-refractivity contribution in [3.8, 4) is 11.3 Å². The third-order valence-electron chi connectivity index (χ3n) is 9.99. The first-order valence-electron chi connectivity index (χ1n) is 15.7. The van der Waals surface area contributed by atoms with E-state index in [-0.39, 0.29) is 30.1 Å². The number of anilines is 1. The molecule has 3 N–H and O–H groups in total. The van der Waals surface area contributed by atoms with Crippen LogP contribution in [-0.2, 0) is 9.59 Å². The smallest absolute Gasteiger partial charge is 0.262 e. The molecule has 2 aromatic heterocycles. The van der Waals surface area contributed by atoms with Gasteiger partial charge in [0.1, 0.15) is 6.04 Å². The van der Waals surface area contributed by atoms with Crippen molar-refractivity contribution in [3.05, 3.63) is 65.1 Å². The molecule has 0 spiro atoms. The van der Waals surface area contributed by atoms with Gasteiger partial charge in [-0.15, -0.1) is 0 Å². The molecule has 3 aromatic rings. The number of fused-ring (bicyclic) bond motifs is 1. The van der Waals surface area contributed by atoms with E-state index >= 15 is 0 Å². The molecule has 4 heterocycles. The third-order valence-corrected chi connectivity index (χ3v) is 9.99. The first-order chi connectivity index (χ1) is 21.3. The number of pyridine rings is 1. The van der Waals surface area contributed by atoms with Crippen molar-refractivity contribution in [1.82, 2.24) is 25.0 Å². The van der Waals surface area contributed by atoms with Gasteiger partial charge in [0.25, 0.3) is 11.8 Å². The van der Waals surface area contributed by atoms with Gasteiger partial charge in [-0.2, -0.15) is 5.10 Å². The van der Waals surface area contributed by atoms with E-state index in [1.807, 2.05) is 12.3 Å². The van der Waals surface area contributed by atoms with Gasteiger partial charge in [-0.1, -0.05) is 6.07 Å². The van der Waals surface area contributed by atoms with Crippen LogP contribution in [0.1, 0.15) is 101 Å². The lowest BCUT2D eigenvalue weighted by atomic mass is 9.76. The molecular weight excluding hydrogens is 560 g/mol. The number of aliphatic hydroxyl groups excluding tert-OH is 1. The zero-order valence-corrected chi connectivity index (χ0v) is 24.2. The number of amides is 4. The van der Waals surface area contributed by atoms with E-state index < -0.39 is 29.7 Å². The number of hydrogen-bond donors (Lipinski definition) is 3. The number of nitrogens with zero attached hydrogens (tertiary/aromatic N) is 4. The predicted molar refractivity (Wildman–Crippen MR) is 159 cm³/mol. The van der Waals surface area contributed by atoms with Gasteiger partial charge in [0.15, 0.2) is 0 Å². The van der Waals surface area contributed by atoms with Gasteiger partial charge in [-0.3, -0.25) is 39.1 Å². The molecule has 8 rings (SSSR count). The average Bonchev–Trinajstić information content (AvgIpc) is 3.69. The number of aromatic nitrogens is 3. The molecular formula is C33H34N6O5. The highest BCUT2D eigenvalue weighted by Gasteiger charge is 2.45. The van der Waals surface area contributed by atoms with Crippen molar-refractivity contribution in [3.63, 3.8) is 0 Å². The summed E-state index contributed by atoms with van der Waals surface area (Å²) in [5.41, 5.74) is 5.81. The van der Waals surface area contributed by atoms with Gasteiger partial charge in [0.2, 0.25) is 11.8 Å². The summed E-state index contributed by atoms with van der Waals surface area (Å²) in [6, 6.07) is 8.58. The van der Waals surface area contributed by atoms with Crippen LogP contribution in [0.4, 0.5) is 5.69 Å². The molecule has 1 saturated heterocycles. The minimum absolute atomic E-state index is 0.0936. The highest BCUT2D eigenvalue weighted by atomic mass is 16.3. The average molecular weight is 595 g/mol. The van der Waals surface area contributed by atoms with E-state index in [0.717, 1.165) is 72.6 Å². The second kappa shape index (κ2) is 10.4. The molecule has 1 aromatic carbocycles. The Bertz CT molecular complexity index is 1700. The molecule has 11 nitrogen and oxygen atoms in total. The molecule has 44 heavy (non-hydrogen) atoms. The van der Waals surface area contributed by atoms with Crippen molar-refractivity contribution in [1.29, 1.82) is 0 Å². The Labute approximate surface area is 254 Å². The van der Waals surface area contributed by atoms with Gasteiger partial charge >= 0.3 is 0 Å². The fraction of sp³-hybridized carbons (Fsp3) is 0.455. The summed E-state index contributed by atoms with van der Waals surface area (Å²) in [6.07, 6.45) is 9.90. The zero-order valence-electron chi connectivity index (χ0n) is 24.2. The Balaban J connectivity index is 0.921. The fourth-order valence-electron chi connectivity index (χ4n) is 7.17. The number of nitrogens with one attached hydrogen (secondary N) is 2. The van der Waals surface area contributed by atoms with E-state index in [9.17, 15) is 24.3 Å². The normalized spacial score (nSPS) is 27.9. The number of rotatable bonds is 8. The van der Waals surface area contributed by atoms with Gasteiger partial charge in [-0.05, 0) is 86.6 Å². The summed E-state index contributed by atoms with van der Waals surface area (Å²) >= 11 is 0. The number of imide groups is 2. The lowest BCUT2D eigenvalue weighted by molar-refractivity contribution is -0.136. The summed E-state index contributed by atoms with van der Waals surface area (Å²) < 4.78 is 2.14. The number of piperidine rings is 1. The molecule has 0 bridgehead atoms. The summed E-state index contributed by atoms with van der Waals surface area (Å²) in [6.45, 7) is 0.728. The van der Waals surface area contributed by atoms with E-state index in [1.54, 1.807) is 18.2 Å². The Kier molecular flexibility index (Phi) is 6.40. The molecule has 3 saturated carbocycles. The van der Waals surface area contributed by atoms with Crippen molar-refractivity contribution >= 4 is 29.3 Å². The van der Waals surface area contributed by atoms with Gasteiger partial charge < -0.3 is 10.4 Å². The molecule has 1 unspecified atom stereocenters. The number of carbonyl (C=O) groups excluding carboxylic acids is 4. The predicted octanol–water partition coefficient (Wildman–Crippen LogP) is 3.53. The fourth-order valence-corrected chi connectivity index (χ4v) is 7.17. The molecule has 11 heteroatoms. The summed E-state index contributed by atoms with van der Waals surface area (Å²) in [5, 5.41) is 20.6. The van der Waals surface area contributed by atoms with Gasteiger partial charge in [0, 0.05) is 42.5 Å². The number of hydrogen-bond acceptors (Lipinski definition) is 8. The molecule has 226 valence electrons. The summed E-state index contributed by atoms with van der Waals surface area (Å²) in [4.78, 5) is 55.8. The van der Waals surface area contributed by atoms with Crippen molar-refractivity contribution in [2.75, 3.05) is 11.9 Å². The third kappa shape index (κ3) is 4.61. The minimum atomic E-state index is -0.970. The van der Waals surface area contributed by atoms with Crippen molar-refractivity contribution < 1.29 is 24.3 Å². The topological polar surface area (TPSA) is 147 Å². The second-order valence-corrected chi connectivity index (χ2v) is 13.0. The van der Waals surface area contributed by atoms with Crippen molar-refractivity contribution in [2.24, 2.45) is 5.92 Å². The molecule has 1 atom stereocenters. The quantitative estimate of drug-likeness (QED) is 0.336. The maximum atomic E-state index is 13.2. The number of carbonyl (C=O) groups is 4. The first-order valence-corrected chi connectivity index (χ1v) is 15.7. The standard InChI is InChI=1S/C33H34N6O5/c40-22-12-19(13-22)23-2-1-9-34-30(23)26-16-38(37-29(26)18-3-4-18)21-10-17(11-21)15-35-20-5-6-24-25(14-20)33(44)39(32(24)43)27-7-8-28(41)36-31(27)42/h1-2,5-6,9,14,16-19,21-22,27,35,40H,3-4,7-8,10-13,15H2,(H,36,41,42)/t17-,19-,21-,22+,27?. The van der Waals surface area contributed by atoms with Crippen LogP contribution in [0.2, 0.25) is 0 Å². The minimum Gasteiger partial charge on any atom is -0.393 e. The summed E-state index contributed by atoms with van der Waals surface area (Å²) in [7, 11) is 0. The molecule has 2 aliphatic heterocycles. The molecule has 5 aliphatic rings. The van der Waals surface area contributed by atoms with Gasteiger partial charge in [0.05, 0.1) is 34.7 Å². The van der Waals surface area contributed by atoms with Crippen LogP contribution < -0.4 is 10.6 Å². The van der Waals surface area contributed by atoms with Crippen LogP contribution in [0.3, 0.4) is 0 Å². The Morgan fingerprint density at radius 3 is 2.48 bits per heavy atom. The SMILES string of the molecule is O=C1CCC(N2C(=O)c3ccc(NC[C@H]4C[C@H](n5cc(-c6ncccc6[C@H]6C[C@@H](O)C6)c(C6CC6)n5)C4)cc3C2=O)C(=O)N1. The number of benzene rings is 1. The lowest BCUT2D eigenvalue weighted by Gasteiger charge is -2.35. The zero-order chi connectivity index (χ0) is 30.1. The first kappa shape index (κ1) is 27.2. The van der Waals surface area contributed by atoms with E-state index in [0.29, 0.717) is 23.8 Å². The molecule has 3 aliphatic carbocycles. The maximum Gasteiger partial charge on any atom is 0.262 e. The summed E-state index contributed by atoms with van der Waals surface area (Å²) in [5.74, 6) is -0.734. The lowest BCUT2D eigenvalue weighted by Crippen LogP contribution is -2.54. The monoisotopic (exact) mass is 594 g/mol. The van der Waals surface area contributed by atoms with Gasteiger partial charge in [-0.25, -0.2) is 0 Å². The van der Waals surface area contributed by atoms with E-state index in [2.05, 4.69) is 27.6 Å². The molecule has 0 radical (unpaired) electrons. The highest BCUT2D eigenvalue weighted by Crippen LogP contribution is 2.48. The van der Waals surface area contributed by atoms with Crippen LogP contribution in [0.15, 0.2) is 42.7 Å². The van der Waals surface area contributed by atoms with Crippen LogP contribution in [0, 0.1) is 5.92 Å². The highest BCUT2D eigenvalue weighted by molar-refractivity contribution is 6.23. The maximum absolute atomic E-state index is 13.2. The Morgan fingerprint density at radius 1 is 0.932 bits per heavy atom. The largest absolute Gasteiger partial charge is 0.393 e. The van der Waals surface area contributed by atoms with Crippen molar-refractivity contribution in [2.45, 2.75) is 81.4 Å². The van der Waals surface area contributed by atoms with E-state index in [4.69, 9.17) is 10.1 Å². The molecule has 4 amide bonds. The van der Waals surface area contributed by atoms with Crippen LogP contribution in [-0.4, -0.2) is 67.1 Å². The molecule has 4 fully saturated rings. The Morgan fingerprint density at radius 2 is 1.73 bits per heavy atom. The Hall–Kier alpha value is -4.38. The van der Waals surface area contributed by atoms with E-state index in [1.165, 1.54) is 5.56 Å². The van der Waals surface area contributed by atoms with Crippen LogP contribution in [0.5, 0.6) is 0 Å². The van der Waals surface area contributed by atoms with Crippen LogP contribution in [0.25, 0.3) is 11.3 Å². The second-order valence-electron chi connectivity index (χ2n) is 13.0. The van der Waals surface area contributed by atoms with Crippen LogP contribution >= 0.6 is 0 Å².